The van der Waals surface area contributed by atoms with Crippen molar-refractivity contribution >= 4 is 68.4 Å². The van der Waals surface area contributed by atoms with Crippen LogP contribution < -0.4 is 15.6 Å². The van der Waals surface area contributed by atoms with E-state index >= 15 is 0 Å². The fourth-order valence-electron chi connectivity index (χ4n) is 4.30. The molecule has 0 fully saturated rings. The summed E-state index contributed by atoms with van der Waals surface area (Å²) in [5.74, 6) is -0.528. The number of pyridine rings is 1. The summed E-state index contributed by atoms with van der Waals surface area (Å²) in [5, 5.41) is 3.42. The number of nitrogens with zero attached hydrogens (tertiary/aromatic N) is 1. The zero-order chi connectivity index (χ0) is 27.4. The third-order valence-corrected chi connectivity index (χ3v) is 6.91. The van der Waals surface area contributed by atoms with Crippen molar-refractivity contribution in [1.29, 1.82) is 0 Å². The van der Waals surface area contributed by atoms with Gasteiger partial charge in [-0.15, -0.1) is 0 Å². The number of carbonyl (C=O) groups excluding carboxylic acids is 2. The number of ether oxygens (including phenoxy) is 1. The molecule has 0 unspecified atom stereocenters. The monoisotopic (exact) mass is 580 g/mol. The first-order valence-corrected chi connectivity index (χ1v) is 13.3. The van der Waals surface area contributed by atoms with E-state index in [4.69, 9.17) is 44.5 Å². The van der Waals surface area contributed by atoms with Gasteiger partial charge in [0.25, 0.3) is 5.91 Å². The molecule has 0 bridgehead atoms. The van der Waals surface area contributed by atoms with E-state index in [1.165, 1.54) is 6.07 Å². The van der Waals surface area contributed by atoms with Crippen LogP contribution in [0.5, 0.6) is 5.75 Å². The Morgan fingerprint density at radius 3 is 2.49 bits per heavy atom. The van der Waals surface area contributed by atoms with E-state index in [9.17, 15) is 9.59 Å². The van der Waals surface area contributed by atoms with Crippen LogP contribution in [0.4, 0.5) is 0 Å². The normalized spacial score (nSPS) is 11.1. The average Bonchev–Trinajstić information content (AvgIpc) is 3.28. The lowest BCUT2D eigenvalue weighted by Gasteiger charge is -2.10. The number of aryl methyl sites for hydroxylation is 1. The van der Waals surface area contributed by atoms with E-state index in [2.05, 4.69) is 15.8 Å². The maximum Gasteiger partial charge on any atom is 0.276 e. The van der Waals surface area contributed by atoms with Crippen molar-refractivity contribution in [2.75, 3.05) is 6.61 Å². The largest absolute Gasteiger partial charge is 0.482 e. The summed E-state index contributed by atoms with van der Waals surface area (Å²) in [6.07, 6.45) is 1.34. The number of halogens is 3. The number of hydrazine groups is 1. The van der Waals surface area contributed by atoms with Crippen molar-refractivity contribution in [1.82, 2.24) is 20.8 Å². The maximum atomic E-state index is 12.4. The highest BCUT2D eigenvalue weighted by Gasteiger charge is 2.16. The number of carbonyl (C=O) groups is 2. The highest BCUT2D eigenvalue weighted by Crippen LogP contribution is 2.33. The van der Waals surface area contributed by atoms with E-state index < -0.39 is 5.91 Å². The molecular formula is C29H23Cl3N4O3. The van der Waals surface area contributed by atoms with Gasteiger partial charge in [-0.3, -0.25) is 20.4 Å². The van der Waals surface area contributed by atoms with Crippen LogP contribution in [0.1, 0.15) is 18.4 Å². The molecule has 3 N–H and O–H groups in total. The Kier molecular flexibility index (Phi) is 8.21. The molecule has 198 valence electrons. The molecule has 0 aliphatic carbocycles. The molecule has 2 aromatic heterocycles. The molecule has 0 radical (unpaired) electrons. The predicted molar refractivity (Wildman–Crippen MR) is 155 cm³/mol. The molecule has 0 aliphatic heterocycles. The Balaban J connectivity index is 1.21. The predicted octanol–water partition coefficient (Wildman–Crippen LogP) is 6.89. The molecule has 0 saturated heterocycles. The van der Waals surface area contributed by atoms with E-state index in [0.29, 0.717) is 28.6 Å². The van der Waals surface area contributed by atoms with E-state index in [0.717, 1.165) is 38.8 Å². The van der Waals surface area contributed by atoms with Crippen LogP contribution in [0.2, 0.25) is 15.1 Å². The molecule has 0 atom stereocenters. The van der Waals surface area contributed by atoms with Crippen LogP contribution in [0.3, 0.4) is 0 Å². The summed E-state index contributed by atoms with van der Waals surface area (Å²) in [6, 6.07) is 22.3. The molecule has 7 nitrogen and oxygen atoms in total. The highest BCUT2D eigenvalue weighted by atomic mass is 35.5. The fourth-order valence-corrected chi connectivity index (χ4v) is 4.94. The Morgan fingerprint density at radius 2 is 1.64 bits per heavy atom. The second-order valence-corrected chi connectivity index (χ2v) is 10.2. The van der Waals surface area contributed by atoms with Gasteiger partial charge < -0.3 is 9.72 Å². The number of hydrogen-bond acceptors (Lipinski definition) is 4. The number of fused-ring (bicyclic) bond motifs is 2. The van der Waals surface area contributed by atoms with Gasteiger partial charge in [-0.2, -0.15) is 0 Å². The standard InChI is InChI=1S/C29H23Cl3N4O3/c30-18-9-12-24-21(14-18)20(29(34-24)25-11-8-17-4-1-2-6-23(17)33-25)5-3-7-27(37)35-36-28(38)16-39-26-13-10-19(31)15-22(26)32/h1-2,4,6,8-15,34H,3,5,7,16H2,(H,35,37)(H,36,38). The summed E-state index contributed by atoms with van der Waals surface area (Å²) in [6.45, 7) is -0.320. The van der Waals surface area contributed by atoms with Gasteiger partial charge in [0.1, 0.15) is 5.75 Å². The molecule has 2 amide bonds. The highest BCUT2D eigenvalue weighted by molar-refractivity contribution is 6.35. The van der Waals surface area contributed by atoms with Gasteiger partial charge in [-0.1, -0.05) is 59.1 Å². The lowest BCUT2D eigenvalue weighted by atomic mass is 10.0. The minimum Gasteiger partial charge on any atom is -0.482 e. The average molecular weight is 582 g/mol. The molecule has 3 aromatic carbocycles. The number of amides is 2. The number of H-pyrrole nitrogens is 1. The number of nitrogens with one attached hydrogen (secondary N) is 3. The van der Waals surface area contributed by atoms with E-state index in [1.54, 1.807) is 12.1 Å². The van der Waals surface area contributed by atoms with Crippen molar-refractivity contribution in [2.45, 2.75) is 19.3 Å². The van der Waals surface area contributed by atoms with Crippen LogP contribution in [-0.2, 0) is 16.0 Å². The van der Waals surface area contributed by atoms with Gasteiger partial charge in [0.05, 0.1) is 21.9 Å². The lowest BCUT2D eigenvalue weighted by molar-refractivity contribution is -0.130. The number of aromatic nitrogens is 2. The first kappa shape index (κ1) is 26.8. The Morgan fingerprint density at radius 1 is 0.872 bits per heavy atom. The molecular weight excluding hydrogens is 559 g/mol. The third kappa shape index (κ3) is 6.45. The van der Waals surface area contributed by atoms with Gasteiger partial charge >= 0.3 is 0 Å². The molecule has 0 spiro atoms. The first-order valence-electron chi connectivity index (χ1n) is 12.2. The molecule has 5 aromatic rings. The quantitative estimate of drug-likeness (QED) is 0.174. The van der Waals surface area contributed by atoms with Crippen molar-refractivity contribution in [3.8, 4) is 17.1 Å². The maximum absolute atomic E-state index is 12.4. The molecule has 39 heavy (non-hydrogen) atoms. The summed E-state index contributed by atoms with van der Waals surface area (Å²) >= 11 is 18.2. The van der Waals surface area contributed by atoms with Gasteiger partial charge in [0.2, 0.25) is 5.91 Å². The SMILES string of the molecule is O=C(CCCc1c(-c2ccc3ccccc3n2)[nH]c2ccc(Cl)cc12)NNC(=O)COc1ccc(Cl)cc1Cl. The third-order valence-electron chi connectivity index (χ3n) is 6.15. The second-order valence-electron chi connectivity index (χ2n) is 8.87. The first-order chi connectivity index (χ1) is 18.9. The van der Waals surface area contributed by atoms with Gasteiger partial charge in [-0.05, 0) is 66.9 Å². The number of para-hydroxylation sites is 1. The smallest absolute Gasteiger partial charge is 0.276 e. The topological polar surface area (TPSA) is 96.1 Å². The summed E-state index contributed by atoms with van der Waals surface area (Å²) in [4.78, 5) is 32.8. The van der Waals surface area contributed by atoms with Crippen LogP contribution >= 0.6 is 34.8 Å². The molecule has 10 heteroatoms. The van der Waals surface area contributed by atoms with Crippen LogP contribution in [0.15, 0.2) is 72.8 Å². The van der Waals surface area contributed by atoms with Gasteiger partial charge in [0, 0.05) is 32.8 Å². The Bertz CT molecular complexity index is 1690. The lowest BCUT2D eigenvalue weighted by Crippen LogP contribution is -2.43. The van der Waals surface area contributed by atoms with Crippen molar-refractivity contribution in [3.63, 3.8) is 0 Å². The van der Waals surface area contributed by atoms with Crippen LogP contribution in [0, 0.1) is 0 Å². The number of hydrogen-bond donors (Lipinski definition) is 3. The molecule has 5 rings (SSSR count). The molecule has 0 aliphatic rings. The summed E-state index contributed by atoms with van der Waals surface area (Å²) < 4.78 is 5.37. The fraction of sp³-hybridized carbons (Fsp3) is 0.138. The number of rotatable bonds is 8. The minimum absolute atomic E-state index is 0.196. The number of benzene rings is 3. The van der Waals surface area contributed by atoms with E-state index in [-0.39, 0.29) is 24.0 Å². The van der Waals surface area contributed by atoms with Crippen molar-refractivity contribution < 1.29 is 14.3 Å². The zero-order valence-corrected chi connectivity index (χ0v) is 22.8. The molecule has 0 saturated carbocycles. The van der Waals surface area contributed by atoms with E-state index in [1.807, 2.05) is 54.6 Å². The minimum atomic E-state index is -0.523. The Labute approximate surface area is 239 Å². The summed E-state index contributed by atoms with van der Waals surface area (Å²) in [7, 11) is 0. The van der Waals surface area contributed by atoms with Crippen LogP contribution in [0.25, 0.3) is 33.2 Å². The van der Waals surface area contributed by atoms with Gasteiger partial charge in [0.15, 0.2) is 6.61 Å². The Hall–Kier alpha value is -3.78. The number of aromatic amines is 1. The van der Waals surface area contributed by atoms with Crippen molar-refractivity contribution in [2.24, 2.45) is 0 Å². The van der Waals surface area contributed by atoms with Gasteiger partial charge in [-0.25, -0.2) is 4.98 Å². The van der Waals surface area contributed by atoms with Crippen LogP contribution in [-0.4, -0.2) is 28.4 Å². The second kappa shape index (κ2) is 11.9. The zero-order valence-electron chi connectivity index (χ0n) is 20.6. The molecule has 2 heterocycles. The van der Waals surface area contributed by atoms with Crippen molar-refractivity contribution in [3.05, 3.63) is 93.4 Å². The summed E-state index contributed by atoms with van der Waals surface area (Å²) in [5.41, 5.74) is 9.35.